The molecule has 188 valence electrons. The van der Waals surface area contributed by atoms with Gasteiger partial charge in [0, 0.05) is 48.1 Å². The Morgan fingerprint density at radius 1 is 1.17 bits per heavy atom. The predicted molar refractivity (Wildman–Crippen MR) is 129 cm³/mol. The molecule has 0 bridgehead atoms. The maximum atomic E-state index is 14.6. The van der Waals surface area contributed by atoms with E-state index < -0.39 is 35.3 Å². The van der Waals surface area contributed by atoms with Crippen molar-refractivity contribution in [1.82, 2.24) is 20.3 Å². The zero-order valence-corrected chi connectivity index (χ0v) is 19.7. The maximum Gasteiger partial charge on any atom is 0.349 e. The van der Waals surface area contributed by atoms with Gasteiger partial charge in [-0.15, -0.1) is 5.10 Å². The molecule has 0 saturated carbocycles. The van der Waals surface area contributed by atoms with E-state index in [1.807, 2.05) is 19.9 Å². The Labute approximate surface area is 205 Å². The zero-order chi connectivity index (χ0) is 25.9. The lowest BCUT2D eigenvalue weighted by atomic mass is 9.92. The van der Waals surface area contributed by atoms with Crippen LogP contribution < -0.4 is 15.8 Å². The molecule has 1 amide bonds. The fraction of sp³-hybridized carbons (Fsp3) is 0.280. The second-order valence-corrected chi connectivity index (χ2v) is 8.28. The minimum atomic E-state index is -2.03. The van der Waals surface area contributed by atoms with E-state index in [0.29, 0.717) is 17.0 Å². The van der Waals surface area contributed by atoms with Gasteiger partial charge >= 0.3 is 5.63 Å². The van der Waals surface area contributed by atoms with Crippen LogP contribution in [-0.2, 0) is 12.1 Å². The predicted octanol–water partition coefficient (Wildman–Crippen LogP) is 2.83. The molecule has 0 aliphatic rings. The first-order valence-electron chi connectivity index (χ1n) is 11.4. The van der Waals surface area contributed by atoms with Crippen LogP contribution in [0, 0.1) is 11.6 Å². The van der Waals surface area contributed by atoms with Gasteiger partial charge in [0.25, 0.3) is 5.91 Å². The van der Waals surface area contributed by atoms with Crippen LogP contribution in [0.2, 0.25) is 0 Å². The highest BCUT2D eigenvalue weighted by atomic mass is 19.1. The second-order valence-electron chi connectivity index (χ2n) is 8.28. The van der Waals surface area contributed by atoms with Crippen molar-refractivity contribution in [1.29, 1.82) is 0 Å². The van der Waals surface area contributed by atoms with Gasteiger partial charge in [0.1, 0.15) is 28.4 Å². The summed E-state index contributed by atoms with van der Waals surface area (Å²) in [5, 5.41) is 21.7. The number of nitrogens with zero attached hydrogens (tertiary/aromatic N) is 4. The molecule has 9 nitrogen and oxygen atoms in total. The summed E-state index contributed by atoms with van der Waals surface area (Å²) in [6, 6.07) is 9.47. The Kier molecular flexibility index (Phi) is 7.11. The van der Waals surface area contributed by atoms with E-state index in [4.69, 9.17) is 4.42 Å². The second kappa shape index (κ2) is 10.2. The standard InChI is InChI=1S/C25H25F2N5O4/c1-3-31(4-2)18-7-5-16-11-19(24(34)36-22(16)13-18)23(33)28-14-25(35,15-32-10-9-29-30-32)20-8-6-17(26)12-21(20)27/h5-13,35H,3-4,14-15H2,1-2H3,(H,28,33). The van der Waals surface area contributed by atoms with E-state index in [2.05, 4.69) is 20.5 Å². The van der Waals surface area contributed by atoms with Crippen LogP contribution in [0.3, 0.4) is 0 Å². The molecule has 4 rings (SSSR count). The highest BCUT2D eigenvalue weighted by Crippen LogP contribution is 2.26. The van der Waals surface area contributed by atoms with Crippen molar-refractivity contribution in [3.8, 4) is 0 Å². The molecule has 0 fully saturated rings. The van der Waals surface area contributed by atoms with Crippen LogP contribution >= 0.6 is 0 Å². The van der Waals surface area contributed by atoms with Crippen LogP contribution in [0.15, 0.2) is 64.1 Å². The van der Waals surface area contributed by atoms with Gasteiger partial charge in [-0.2, -0.15) is 0 Å². The molecular formula is C25H25F2N5O4. The quantitative estimate of drug-likeness (QED) is 0.342. The number of rotatable bonds is 9. The largest absolute Gasteiger partial charge is 0.422 e. The lowest BCUT2D eigenvalue weighted by Gasteiger charge is -2.29. The fourth-order valence-electron chi connectivity index (χ4n) is 4.05. The highest BCUT2D eigenvalue weighted by molar-refractivity contribution is 5.97. The Morgan fingerprint density at radius 2 is 1.94 bits per heavy atom. The van der Waals surface area contributed by atoms with Gasteiger partial charge in [-0.25, -0.2) is 18.3 Å². The molecule has 4 aromatic rings. The number of amides is 1. The number of aliphatic hydroxyl groups is 1. The number of halogens is 2. The molecule has 11 heteroatoms. The Bertz CT molecular complexity index is 1440. The van der Waals surface area contributed by atoms with Crippen molar-refractivity contribution in [2.24, 2.45) is 0 Å². The van der Waals surface area contributed by atoms with Gasteiger partial charge in [-0.05, 0) is 38.1 Å². The van der Waals surface area contributed by atoms with Crippen molar-refractivity contribution >= 4 is 22.6 Å². The summed E-state index contributed by atoms with van der Waals surface area (Å²) in [5.41, 5.74) is -2.21. The van der Waals surface area contributed by atoms with Gasteiger partial charge in [0.05, 0.1) is 19.3 Å². The molecular weight excluding hydrogens is 472 g/mol. The van der Waals surface area contributed by atoms with Crippen molar-refractivity contribution in [3.63, 3.8) is 0 Å². The summed E-state index contributed by atoms with van der Waals surface area (Å²) in [7, 11) is 0. The fourth-order valence-corrected chi connectivity index (χ4v) is 4.05. The van der Waals surface area contributed by atoms with Gasteiger partial charge in [-0.3, -0.25) is 4.79 Å². The van der Waals surface area contributed by atoms with Gasteiger partial charge in [-0.1, -0.05) is 11.3 Å². The molecule has 0 aliphatic carbocycles. The molecule has 1 unspecified atom stereocenters. The average molecular weight is 498 g/mol. The van der Waals surface area contributed by atoms with E-state index in [1.54, 1.807) is 12.1 Å². The SMILES string of the molecule is CCN(CC)c1ccc2cc(C(=O)NCC(O)(Cn3ccnn3)c3ccc(F)cc3F)c(=O)oc2c1. The van der Waals surface area contributed by atoms with Crippen LogP contribution in [0.25, 0.3) is 11.0 Å². The maximum absolute atomic E-state index is 14.6. The van der Waals surface area contributed by atoms with E-state index in [-0.39, 0.29) is 17.7 Å². The number of fused-ring (bicyclic) bond motifs is 1. The minimum Gasteiger partial charge on any atom is -0.422 e. The molecule has 2 aromatic heterocycles. The number of nitrogens with one attached hydrogen (secondary N) is 1. The van der Waals surface area contributed by atoms with Gasteiger partial charge in [0.15, 0.2) is 0 Å². The van der Waals surface area contributed by atoms with Crippen molar-refractivity contribution in [3.05, 3.63) is 88.0 Å². The van der Waals surface area contributed by atoms with E-state index >= 15 is 0 Å². The van der Waals surface area contributed by atoms with E-state index in [9.17, 15) is 23.5 Å². The zero-order valence-electron chi connectivity index (χ0n) is 19.7. The number of benzene rings is 2. The van der Waals surface area contributed by atoms with E-state index in [0.717, 1.165) is 30.9 Å². The number of aromatic nitrogens is 3. The molecule has 1 atom stereocenters. The van der Waals surface area contributed by atoms with Crippen LogP contribution in [0.1, 0.15) is 29.8 Å². The topological polar surface area (TPSA) is 113 Å². The molecule has 2 heterocycles. The molecule has 0 aliphatic heterocycles. The Morgan fingerprint density at radius 3 is 2.61 bits per heavy atom. The van der Waals surface area contributed by atoms with Crippen molar-refractivity contribution in [2.75, 3.05) is 24.5 Å². The van der Waals surface area contributed by atoms with Crippen molar-refractivity contribution < 1.29 is 23.1 Å². The molecule has 2 aromatic carbocycles. The summed E-state index contributed by atoms with van der Waals surface area (Å²) < 4.78 is 34.7. The third kappa shape index (κ3) is 5.10. The van der Waals surface area contributed by atoms with Crippen LogP contribution in [-0.4, -0.2) is 45.6 Å². The Balaban J connectivity index is 1.61. The third-order valence-corrected chi connectivity index (χ3v) is 5.96. The van der Waals surface area contributed by atoms with Gasteiger partial charge in [0.2, 0.25) is 0 Å². The summed E-state index contributed by atoms with van der Waals surface area (Å²) in [5.74, 6) is -2.64. The first kappa shape index (κ1) is 25.0. The number of carbonyl (C=O) groups is 1. The van der Waals surface area contributed by atoms with Crippen LogP contribution in [0.5, 0.6) is 0 Å². The lowest BCUT2D eigenvalue weighted by molar-refractivity contribution is 0.0116. The number of carbonyl (C=O) groups excluding carboxylic acids is 1. The molecule has 0 saturated heterocycles. The summed E-state index contributed by atoms with van der Waals surface area (Å²) >= 11 is 0. The number of hydrogen-bond acceptors (Lipinski definition) is 7. The average Bonchev–Trinajstić information content (AvgIpc) is 3.35. The smallest absolute Gasteiger partial charge is 0.349 e. The Hall–Kier alpha value is -4.12. The van der Waals surface area contributed by atoms with Gasteiger partial charge < -0.3 is 19.7 Å². The monoisotopic (exact) mass is 497 g/mol. The minimum absolute atomic E-state index is 0.255. The first-order valence-corrected chi connectivity index (χ1v) is 11.4. The summed E-state index contributed by atoms with van der Waals surface area (Å²) in [4.78, 5) is 27.6. The molecule has 0 spiro atoms. The summed E-state index contributed by atoms with van der Waals surface area (Å²) in [6.45, 7) is 4.78. The van der Waals surface area contributed by atoms with E-state index in [1.165, 1.54) is 23.1 Å². The highest BCUT2D eigenvalue weighted by Gasteiger charge is 2.34. The molecule has 2 N–H and O–H groups in total. The normalized spacial score (nSPS) is 12.9. The number of anilines is 1. The third-order valence-electron chi connectivity index (χ3n) is 5.96. The number of hydrogen-bond donors (Lipinski definition) is 2. The molecule has 36 heavy (non-hydrogen) atoms. The van der Waals surface area contributed by atoms with Crippen molar-refractivity contribution in [2.45, 2.75) is 26.0 Å². The molecule has 0 radical (unpaired) electrons. The summed E-state index contributed by atoms with van der Waals surface area (Å²) in [6.07, 6.45) is 2.81. The first-order chi connectivity index (χ1) is 17.2. The van der Waals surface area contributed by atoms with Crippen LogP contribution in [0.4, 0.5) is 14.5 Å². The lowest BCUT2D eigenvalue weighted by Crippen LogP contribution is -2.45.